The molecule has 0 radical (unpaired) electrons. The van der Waals surface area contributed by atoms with E-state index in [2.05, 4.69) is 34.1 Å². The van der Waals surface area contributed by atoms with Crippen LogP contribution in [0.25, 0.3) is 0 Å². The Morgan fingerprint density at radius 2 is 1.50 bits per heavy atom. The molecular weight excluding hydrogens is 378 g/mol. The molecule has 0 aromatic heterocycles. The Morgan fingerprint density at radius 1 is 0.867 bits per heavy atom. The molecule has 1 aliphatic rings. The van der Waals surface area contributed by atoms with Crippen LogP contribution in [0.5, 0.6) is 17.2 Å². The van der Waals surface area contributed by atoms with E-state index in [9.17, 15) is 0 Å². The van der Waals surface area contributed by atoms with Crippen molar-refractivity contribution in [2.24, 2.45) is 5.73 Å². The molecule has 1 saturated heterocycles. The van der Waals surface area contributed by atoms with Crippen LogP contribution in [0.15, 0.2) is 42.5 Å². The van der Waals surface area contributed by atoms with Crippen molar-refractivity contribution in [1.29, 1.82) is 0 Å². The smallest absolute Gasteiger partial charge is 0.203 e. The maximum absolute atomic E-state index is 6.07. The van der Waals surface area contributed by atoms with E-state index < -0.39 is 0 Å². The Labute approximate surface area is 180 Å². The number of piperazine rings is 1. The van der Waals surface area contributed by atoms with Gasteiger partial charge >= 0.3 is 0 Å². The molecule has 3 rings (SSSR count). The molecule has 6 heteroatoms. The van der Waals surface area contributed by atoms with Gasteiger partial charge in [0.15, 0.2) is 11.5 Å². The zero-order valence-corrected chi connectivity index (χ0v) is 18.3. The fourth-order valence-electron chi connectivity index (χ4n) is 3.83. The molecule has 6 nitrogen and oxygen atoms in total. The molecule has 2 aromatic carbocycles. The fraction of sp³-hybridized carbons (Fsp3) is 0.500. The van der Waals surface area contributed by atoms with Gasteiger partial charge in [0, 0.05) is 39.1 Å². The third-order valence-corrected chi connectivity index (χ3v) is 5.55. The summed E-state index contributed by atoms with van der Waals surface area (Å²) in [5.74, 6) is 2.12. The number of hydrogen-bond acceptors (Lipinski definition) is 6. The van der Waals surface area contributed by atoms with Gasteiger partial charge in [-0.15, -0.1) is 0 Å². The summed E-state index contributed by atoms with van der Waals surface area (Å²) >= 11 is 0. The summed E-state index contributed by atoms with van der Waals surface area (Å²) in [7, 11) is 3.36. The molecule has 0 amide bonds. The van der Waals surface area contributed by atoms with E-state index >= 15 is 0 Å². The predicted octanol–water partition coefficient (Wildman–Crippen LogP) is 2.79. The Morgan fingerprint density at radius 3 is 2.10 bits per heavy atom. The molecule has 0 saturated carbocycles. The van der Waals surface area contributed by atoms with Crippen molar-refractivity contribution in [3.8, 4) is 17.2 Å². The minimum Gasteiger partial charge on any atom is -0.493 e. The van der Waals surface area contributed by atoms with Gasteiger partial charge < -0.3 is 24.8 Å². The van der Waals surface area contributed by atoms with Crippen LogP contribution in [0.2, 0.25) is 0 Å². The third-order valence-electron chi connectivity index (χ3n) is 5.55. The Kier molecular flexibility index (Phi) is 8.81. The van der Waals surface area contributed by atoms with E-state index in [1.165, 1.54) is 11.1 Å². The predicted molar refractivity (Wildman–Crippen MR) is 121 cm³/mol. The number of hydrogen-bond donors (Lipinski definition) is 1. The van der Waals surface area contributed by atoms with Crippen LogP contribution in [-0.2, 0) is 13.0 Å². The van der Waals surface area contributed by atoms with Gasteiger partial charge in [-0.3, -0.25) is 4.90 Å². The van der Waals surface area contributed by atoms with Gasteiger partial charge in [-0.05, 0) is 42.8 Å². The highest BCUT2D eigenvalue weighted by Crippen LogP contribution is 2.39. The van der Waals surface area contributed by atoms with Crippen molar-refractivity contribution in [3.05, 3.63) is 53.6 Å². The summed E-state index contributed by atoms with van der Waals surface area (Å²) in [6.45, 7) is 7.61. The van der Waals surface area contributed by atoms with Gasteiger partial charge in [0.1, 0.15) is 0 Å². The van der Waals surface area contributed by atoms with E-state index in [4.69, 9.17) is 19.9 Å². The number of nitrogens with zero attached hydrogens (tertiary/aromatic N) is 2. The van der Waals surface area contributed by atoms with Crippen molar-refractivity contribution in [2.45, 2.75) is 19.4 Å². The van der Waals surface area contributed by atoms with Gasteiger partial charge in [0.25, 0.3) is 0 Å². The average molecular weight is 414 g/mol. The molecule has 164 valence electrons. The van der Waals surface area contributed by atoms with Gasteiger partial charge in [0.2, 0.25) is 5.75 Å². The lowest BCUT2D eigenvalue weighted by atomic mass is 10.1. The van der Waals surface area contributed by atoms with Gasteiger partial charge in [-0.25, -0.2) is 0 Å². The molecule has 2 aromatic rings. The van der Waals surface area contributed by atoms with Crippen molar-refractivity contribution in [1.82, 2.24) is 9.80 Å². The van der Waals surface area contributed by atoms with Gasteiger partial charge in [0.05, 0.1) is 20.8 Å². The average Bonchev–Trinajstić information content (AvgIpc) is 2.79. The second-order valence-electron chi connectivity index (χ2n) is 7.67. The summed E-state index contributed by atoms with van der Waals surface area (Å²) in [5.41, 5.74) is 8.05. The van der Waals surface area contributed by atoms with Crippen LogP contribution in [0.4, 0.5) is 0 Å². The Hall–Kier alpha value is -2.28. The highest BCUT2D eigenvalue weighted by Gasteiger charge is 2.19. The van der Waals surface area contributed by atoms with Crippen LogP contribution in [0.1, 0.15) is 17.5 Å². The Bertz CT molecular complexity index is 737. The summed E-state index contributed by atoms with van der Waals surface area (Å²) in [6.07, 6.45) is 1.91. The number of rotatable bonds is 11. The van der Waals surface area contributed by atoms with E-state index in [0.717, 1.165) is 70.2 Å². The molecule has 0 bridgehead atoms. The van der Waals surface area contributed by atoms with Crippen molar-refractivity contribution >= 4 is 0 Å². The fourth-order valence-corrected chi connectivity index (χ4v) is 3.83. The number of nitrogens with two attached hydrogens (primary N) is 1. The number of ether oxygens (including phenoxy) is 3. The van der Waals surface area contributed by atoms with Gasteiger partial charge in [-0.2, -0.15) is 0 Å². The molecule has 0 unspecified atom stereocenters. The van der Waals surface area contributed by atoms with Crippen molar-refractivity contribution in [2.75, 3.05) is 60.1 Å². The van der Waals surface area contributed by atoms with Crippen molar-refractivity contribution in [3.63, 3.8) is 0 Å². The first-order valence-corrected chi connectivity index (χ1v) is 10.8. The van der Waals surface area contributed by atoms with Crippen LogP contribution in [0.3, 0.4) is 0 Å². The molecular formula is C24H35N3O3. The molecule has 1 aliphatic heterocycles. The molecule has 1 fully saturated rings. The monoisotopic (exact) mass is 413 g/mol. The third kappa shape index (κ3) is 6.36. The minimum atomic E-state index is 0.570. The summed E-state index contributed by atoms with van der Waals surface area (Å²) in [5, 5.41) is 0. The molecule has 30 heavy (non-hydrogen) atoms. The summed E-state index contributed by atoms with van der Waals surface area (Å²) in [4.78, 5) is 4.97. The lowest BCUT2D eigenvalue weighted by molar-refractivity contribution is 0.126. The van der Waals surface area contributed by atoms with Crippen LogP contribution >= 0.6 is 0 Å². The maximum Gasteiger partial charge on any atom is 0.203 e. The zero-order chi connectivity index (χ0) is 21.2. The van der Waals surface area contributed by atoms with Crippen LogP contribution in [0, 0.1) is 0 Å². The minimum absolute atomic E-state index is 0.570. The highest BCUT2D eigenvalue weighted by atomic mass is 16.5. The molecule has 0 spiro atoms. The lowest BCUT2D eigenvalue weighted by Gasteiger charge is -2.34. The normalized spacial score (nSPS) is 15.2. The van der Waals surface area contributed by atoms with E-state index in [-0.39, 0.29) is 0 Å². The highest BCUT2D eigenvalue weighted by molar-refractivity contribution is 5.54. The van der Waals surface area contributed by atoms with E-state index in [0.29, 0.717) is 12.4 Å². The first-order chi connectivity index (χ1) is 14.7. The quantitative estimate of drug-likeness (QED) is 0.611. The molecule has 2 N–H and O–H groups in total. The zero-order valence-electron chi connectivity index (χ0n) is 18.3. The van der Waals surface area contributed by atoms with Crippen LogP contribution < -0.4 is 19.9 Å². The second-order valence-corrected chi connectivity index (χ2v) is 7.67. The molecule has 0 atom stereocenters. The first-order valence-electron chi connectivity index (χ1n) is 10.8. The summed E-state index contributed by atoms with van der Waals surface area (Å²) < 4.78 is 17.3. The molecule has 1 heterocycles. The van der Waals surface area contributed by atoms with E-state index in [1.807, 2.05) is 18.2 Å². The topological polar surface area (TPSA) is 60.2 Å². The van der Waals surface area contributed by atoms with Gasteiger partial charge in [-0.1, -0.05) is 30.3 Å². The van der Waals surface area contributed by atoms with Crippen LogP contribution in [-0.4, -0.2) is 69.9 Å². The SMILES string of the molecule is COc1cc(CN2CCN(CCCN)CC2)cc(OC)c1OCCc1ccccc1. The summed E-state index contributed by atoms with van der Waals surface area (Å²) in [6, 6.07) is 14.5. The maximum atomic E-state index is 6.07. The standard InChI is InChI=1S/C24H35N3O3/c1-28-22-17-21(19-27-14-12-26(13-15-27)11-6-10-25)18-23(29-2)24(22)30-16-9-20-7-4-3-5-8-20/h3-5,7-8,17-18H,6,9-16,19,25H2,1-2H3. The number of benzene rings is 2. The Balaban J connectivity index is 1.60. The largest absolute Gasteiger partial charge is 0.493 e. The first kappa shape index (κ1) is 22.4. The van der Waals surface area contributed by atoms with E-state index in [1.54, 1.807) is 14.2 Å². The lowest BCUT2D eigenvalue weighted by Crippen LogP contribution is -2.46. The molecule has 0 aliphatic carbocycles. The van der Waals surface area contributed by atoms with Crippen molar-refractivity contribution < 1.29 is 14.2 Å². The number of methoxy groups -OCH3 is 2. The second kappa shape index (κ2) is 11.8.